The van der Waals surface area contributed by atoms with Crippen LogP contribution in [-0.4, -0.2) is 25.7 Å². The average molecular weight is 397 g/mol. The van der Waals surface area contributed by atoms with E-state index in [-0.39, 0.29) is 24.5 Å². The maximum atomic E-state index is 11.8. The lowest BCUT2D eigenvalue weighted by molar-refractivity contribution is -0.141. The van der Waals surface area contributed by atoms with Gasteiger partial charge in [0.05, 0.1) is 19.2 Å². The molecule has 150 valence electrons. The number of rotatable bonds is 8. The van der Waals surface area contributed by atoms with Crippen LogP contribution in [0.4, 0.5) is 11.4 Å². The molecule has 0 aliphatic rings. The summed E-state index contributed by atoms with van der Waals surface area (Å²) in [6.07, 6.45) is 4.08. The standard InChI is InChI=1S/C20H19N3O6/c1-26-18-11-15(28-12-21)5-2-13(18)3-7-19(24)27-9-8-20(25)29-17-6-4-14(22)10-16(17)23/h2-7,10-11H,8-9,22-23H2,1H3/b7-3+. The van der Waals surface area contributed by atoms with E-state index in [1.54, 1.807) is 24.5 Å². The Morgan fingerprint density at radius 2 is 1.93 bits per heavy atom. The molecule has 0 fully saturated rings. The van der Waals surface area contributed by atoms with E-state index in [1.165, 1.54) is 37.5 Å². The average Bonchev–Trinajstić information content (AvgIpc) is 2.69. The van der Waals surface area contributed by atoms with Crippen LogP contribution >= 0.6 is 0 Å². The number of ether oxygens (including phenoxy) is 4. The molecule has 4 N–H and O–H groups in total. The van der Waals surface area contributed by atoms with E-state index in [0.717, 1.165) is 0 Å². The van der Waals surface area contributed by atoms with Gasteiger partial charge in [0.15, 0.2) is 5.75 Å². The molecule has 29 heavy (non-hydrogen) atoms. The zero-order chi connectivity index (χ0) is 21.2. The van der Waals surface area contributed by atoms with Crippen LogP contribution in [0.15, 0.2) is 42.5 Å². The largest absolute Gasteiger partial charge is 0.496 e. The Bertz CT molecular complexity index is 965. The topological polar surface area (TPSA) is 147 Å². The number of hydrogen-bond acceptors (Lipinski definition) is 9. The van der Waals surface area contributed by atoms with Crippen molar-refractivity contribution in [3.63, 3.8) is 0 Å². The van der Waals surface area contributed by atoms with E-state index in [9.17, 15) is 9.59 Å². The van der Waals surface area contributed by atoms with Crippen LogP contribution in [0.3, 0.4) is 0 Å². The van der Waals surface area contributed by atoms with E-state index in [2.05, 4.69) is 0 Å². The third-order valence-corrected chi connectivity index (χ3v) is 3.58. The van der Waals surface area contributed by atoms with Crippen molar-refractivity contribution in [2.24, 2.45) is 0 Å². The summed E-state index contributed by atoms with van der Waals surface area (Å²) in [5.41, 5.74) is 12.5. The highest BCUT2D eigenvalue weighted by molar-refractivity contribution is 5.88. The number of benzene rings is 2. The lowest BCUT2D eigenvalue weighted by Crippen LogP contribution is -2.13. The number of carbonyl (C=O) groups is 2. The third-order valence-electron chi connectivity index (χ3n) is 3.58. The first-order valence-corrected chi connectivity index (χ1v) is 8.37. The molecule has 0 bridgehead atoms. The van der Waals surface area contributed by atoms with E-state index in [4.69, 9.17) is 35.7 Å². The highest BCUT2D eigenvalue weighted by atomic mass is 16.5. The summed E-state index contributed by atoms with van der Waals surface area (Å²) in [4.78, 5) is 23.6. The predicted octanol–water partition coefficient (Wildman–Crippen LogP) is 2.27. The van der Waals surface area contributed by atoms with Gasteiger partial charge in [-0.1, -0.05) is 0 Å². The van der Waals surface area contributed by atoms with Crippen LogP contribution < -0.4 is 25.7 Å². The first-order chi connectivity index (χ1) is 13.9. The number of methoxy groups -OCH3 is 1. The van der Waals surface area contributed by atoms with E-state index in [0.29, 0.717) is 22.7 Å². The molecule has 0 spiro atoms. The summed E-state index contributed by atoms with van der Waals surface area (Å²) in [5, 5.41) is 8.52. The molecule has 0 amide bonds. The van der Waals surface area contributed by atoms with E-state index < -0.39 is 11.9 Å². The third kappa shape index (κ3) is 6.48. The fourth-order valence-corrected chi connectivity index (χ4v) is 2.22. The minimum Gasteiger partial charge on any atom is -0.496 e. The smallest absolute Gasteiger partial charge is 0.330 e. The molecule has 0 aromatic heterocycles. The monoisotopic (exact) mass is 397 g/mol. The van der Waals surface area contributed by atoms with Gasteiger partial charge in [-0.25, -0.2) is 4.79 Å². The van der Waals surface area contributed by atoms with Crippen molar-refractivity contribution < 1.29 is 28.5 Å². The minimum atomic E-state index is -0.649. The van der Waals surface area contributed by atoms with Gasteiger partial charge in [-0.05, 0) is 36.4 Å². The zero-order valence-corrected chi connectivity index (χ0v) is 15.6. The number of carbonyl (C=O) groups excluding carboxylic acids is 2. The zero-order valence-electron chi connectivity index (χ0n) is 15.6. The number of esters is 2. The summed E-state index contributed by atoms with van der Waals surface area (Å²) in [5.74, 6) is -0.348. The van der Waals surface area contributed by atoms with Gasteiger partial charge in [0, 0.05) is 23.4 Å². The second-order valence-electron chi connectivity index (χ2n) is 5.62. The van der Waals surface area contributed by atoms with Gasteiger partial charge in [0.1, 0.15) is 18.1 Å². The molecule has 0 saturated heterocycles. The molecule has 0 saturated carbocycles. The number of nitriles is 1. The molecule has 9 heteroatoms. The molecular formula is C20H19N3O6. The number of nitrogens with two attached hydrogens (primary N) is 2. The first kappa shape index (κ1) is 21.1. The molecular weight excluding hydrogens is 378 g/mol. The molecule has 9 nitrogen and oxygen atoms in total. The molecule has 2 aromatic rings. The van der Waals surface area contributed by atoms with Crippen molar-refractivity contribution in [2.45, 2.75) is 6.42 Å². The molecule has 0 heterocycles. The van der Waals surface area contributed by atoms with Crippen LogP contribution in [0.2, 0.25) is 0 Å². The predicted molar refractivity (Wildman–Crippen MR) is 105 cm³/mol. The van der Waals surface area contributed by atoms with E-state index in [1.807, 2.05) is 0 Å². The van der Waals surface area contributed by atoms with Crippen LogP contribution in [0.5, 0.6) is 17.2 Å². The summed E-state index contributed by atoms with van der Waals surface area (Å²) in [6, 6.07) is 9.18. The van der Waals surface area contributed by atoms with Gasteiger partial charge in [0.2, 0.25) is 0 Å². The Hall–Kier alpha value is -4.19. The number of nitrogens with zero attached hydrogens (tertiary/aromatic N) is 1. The van der Waals surface area contributed by atoms with Gasteiger partial charge >= 0.3 is 11.9 Å². The Kier molecular flexibility index (Phi) is 7.44. The van der Waals surface area contributed by atoms with Crippen molar-refractivity contribution >= 4 is 29.4 Å². The van der Waals surface area contributed by atoms with Crippen LogP contribution in [0, 0.1) is 11.5 Å². The Labute approximate surface area is 167 Å². The van der Waals surface area contributed by atoms with Crippen molar-refractivity contribution in [2.75, 3.05) is 25.2 Å². The normalized spacial score (nSPS) is 10.2. The maximum Gasteiger partial charge on any atom is 0.330 e. The van der Waals surface area contributed by atoms with Crippen molar-refractivity contribution in [3.05, 3.63) is 48.0 Å². The molecule has 0 unspecified atom stereocenters. The highest BCUT2D eigenvalue weighted by Crippen LogP contribution is 2.26. The second-order valence-corrected chi connectivity index (χ2v) is 5.62. The minimum absolute atomic E-state index is 0.146. The van der Waals surface area contributed by atoms with Crippen molar-refractivity contribution in [1.82, 2.24) is 0 Å². The van der Waals surface area contributed by atoms with Gasteiger partial charge in [-0.2, -0.15) is 0 Å². The van der Waals surface area contributed by atoms with Gasteiger partial charge in [-0.3, -0.25) is 4.79 Å². The summed E-state index contributed by atoms with van der Waals surface area (Å²) in [7, 11) is 1.45. The fraction of sp³-hybridized carbons (Fsp3) is 0.150. The molecule has 2 aromatic carbocycles. The summed E-state index contributed by atoms with van der Waals surface area (Å²) >= 11 is 0. The fourth-order valence-electron chi connectivity index (χ4n) is 2.22. The molecule has 2 rings (SSSR count). The Balaban J connectivity index is 1.83. The van der Waals surface area contributed by atoms with E-state index >= 15 is 0 Å². The molecule has 0 radical (unpaired) electrons. The number of nitrogen functional groups attached to an aromatic ring is 2. The van der Waals surface area contributed by atoms with Crippen LogP contribution in [-0.2, 0) is 14.3 Å². The Morgan fingerprint density at radius 3 is 2.62 bits per heavy atom. The quantitative estimate of drug-likeness (QED) is 0.225. The van der Waals surface area contributed by atoms with Crippen molar-refractivity contribution in [3.8, 4) is 23.5 Å². The number of anilines is 2. The van der Waals surface area contributed by atoms with Gasteiger partial charge < -0.3 is 30.4 Å². The Morgan fingerprint density at radius 1 is 1.14 bits per heavy atom. The van der Waals surface area contributed by atoms with Gasteiger partial charge in [0.25, 0.3) is 6.26 Å². The first-order valence-electron chi connectivity index (χ1n) is 8.37. The lowest BCUT2D eigenvalue weighted by atomic mass is 10.2. The van der Waals surface area contributed by atoms with Crippen LogP contribution in [0.1, 0.15) is 12.0 Å². The van der Waals surface area contributed by atoms with Gasteiger partial charge in [-0.15, -0.1) is 5.26 Å². The van der Waals surface area contributed by atoms with Crippen molar-refractivity contribution in [1.29, 1.82) is 5.26 Å². The summed E-state index contributed by atoms with van der Waals surface area (Å²) < 4.78 is 20.0. The SMILES string of the molecule is COc1cc(OC#N)ccc1/C=C/C(=O)OCCC(=O)Oc1ccc(N)cc1N. The maximum absolute atomic E-state index is 11.8. The lowest BCUT2D eigenvalue weighted by Gasteiger charge is -2.08. The molecule has 0 atom stereocenters. The molecule has 0 aliphatic carbocycles. The second kappa shape index (κ2) is 10.2. The van der Waals surface area contributed by atoms with Crippen LogP contribution in [0.25, 0.3) is 6.08 Å². The summed E-state index contributed by atoms with van der Waals surface area (Å²) in [6.45, 7) is -0.164. The highest BCUT2D eigenvalue weighted by Gasteiger charge is 2.10. The molecule has 0 aliphatic heterocycles. The number of hydrogen-bond donors (Lipinski definition) is 2.